The Morgan fingerprint density at radius 1 is 1.28 bits per heavy atom. The van der Waals surface area contributed by atoms with Crippen LogP contribution < -0.4 is 10.1 Å². The number of nitrogens with one attached hydrogen (secondary N) is 1. The molecule has 0 bridgehead atoms. The fourth-order valence-corrected chi connectivity index (χ4v) is 5.29. The van der Waals surface area contributed by atoms with Crippen LogP contribution in [0, 0.1) is 0 Å². The van der Waals surface area contributed by atoms with Crippen molar-refractivity contribution in [3.8, 4) is 5.75 Å². The molecule has 3 rings (SSSR count). The standard InChI is InChI=1S/C22H24Br3N3O4/c1-28(2)8-3-9-31-20-15(23)10-14(11-16(20)24)5-7-26-21(30)18-13-22(32-27-18)6-4-19(29)17(25)12-22/h4,6,10-12H,3,5,7-9,13H2,1-2H3,(H,26,30)/t22-/m0/s1. The summed E-state index contributed by atoms with van der Waals surface area (Å²) in [5, 5.41) is 6.81. The average molecular weight is 634 g/mol. The Labute approximate surface area is 212 Å². The van der Waals surface area contributed by atoms with E-state index in [9.17, 15) is 9.59 Å². The van der Waals surface area contributed by atoms with Crippen LogP contribution in [0.3, 0.4) is 0 Å². The first kappa shape index (κ1) is 25.1. The van der Waals surface area contributed by atoms with Gasteiger partial charge in [0.15, 0.2) is 11.4 Å². The molecule has 0 unspecified atom stereocenters. The van der Waals surface area contributed by atoms with E-state index in [1.54, 1.807) is 12.2 Å². The first-order chi connectivity index (χ1) is 15.2. The number of ketones is 1. The van der Waals surface area contributed by atoms with E-state index in [1.165, 1.54) is 6.08 Å². The molecule has 1 aromatic rings. The molecule has 0 saturated heterocycles. The monoisotopic (exact) mass is 631 g/mol. The van der Waals surface area contributed by atoms with Crippen LogP contribution in [0.15, 0.2) is 48.9 Å². The van der Waals surface area contributed by atoms with Crippen LogP contribution in [0.2, 0.25) is 0 Å². The van der Waals surface area contributed by atoms with Gasteiger partial charge in [0.05, 0.1) is 20.0 Å². The molecule has 10 heteroatoms. The third-order valence-electron chi connectivity index (χ3n) is 4.91. The van der Waals surface area contributed by atoms with Crippen LogP contribution in [-0.2, 0) is 20.8 Å². The van der Waals surface area contributed by atoms with Crippen LogP contribution in [0.25, 0.3) is 0 Å². The van der Waals surface area contributed by atoms with E-state index < -0.39 is 5.60 Å². The average Bonchev–Trinajstić information content (AvgIpc) is 3.13. The molecule has 1 aliphatic carbocycles. The summed E-state index contributed by atoms with van der Waals surface area (Å²) in [5.41, 5.74) is 0.466. The van der Waals surface area contributed by atoms with Gasteiger partial charge in [-0.15, -0.1) is 0 Å². The van der Waals surface area contributed by atoms with Crippen LogP contribution in [0.1, 0.15) is 18.4 Å². The number of hydrogen-bond acceptors (Lipinski definition) is 6. The molecule has 32 heavy (non-hydrogen) atoms. The van der Waals surface area contributed by atoms with Gasteiger partial charge in [-0.2, -0.15) is 0 Å². The lowest BCUT2D eigenvalue weighted by Crippen LogP contribution is -2.35. The van der Waals surface area contributed by atoms with Crippen LogP contribution in [0.4, 0.5) is 0 Å². The zero-order valence-electron chi connectivity index (χ0n) is 17.8. The van der Waals surface area contributed by atoms with Gasteiger partial charge in [-0.25, -0.2) is 0 Å². The Morgan fingerprint density at radius 3 is 2.66 bits per heavy atom. The maximum absolute atomic E-state index is 12.5. The lowest BCUT2D eigenvalue weighted by atomic mass is 9.92. The van der Waals surface area contributed by atoms with Gasteiger partial charge in [0.2, 0.25) is 0 Å². The highest BCUT2D eigenvalue weighted by atomic mass is 79.9. The summed E-state index contributed by atoms with van der Waals surface area (Å²) >= 11 is 10.4. The molecule has 1 aromatic carbocycles. The molecule has 1 spiro atoms. The third kappa shape index (κ3) is 6.52. The van der Waals surface area contributed by atoms with E-state index in [0.29, 0.717) is 29.8 Å². The highest BCUT2D eigenvalue weighted by molar-refractivity contribution is 9.12. The van der Waals surface area contributed by atoms with Gasteiger partial charge in [-0.1, -0.05) is 5.16 Å². The molecule has 1 aliphatic heterocycles. The van der Waals surface area contributed by atoms with Crippen molar-refractivity contribution in [2.24, 2.45) is 5.16 Å². The molecule has 0 fully saturated rings. The fraction of sp³-hybridized carbons (Fsp3) is 0.409. The fourth-order valence-electron chi connectivity index (χ4n) is 3.26. The van der Waals surface area contributed by atoms with Gasteiger partial charge in [0.25, 0.3) is 5.91 Å². The number of oxime groups is 1. The molecule has 7 nitrogen and oxygen atoms in total. The minimum atomic E-state index is -0.877. The Hall–Kier alpha value is -1.49. The largest absolute Gasteiger partial charge is 0.491 e. The topological polar surface area (TPSA) is 80.2 Å². The number of carbonyl (C=O) groups is 2. The number of rotatable bonds is 9. The molecule has 172 valence electrons. The van der Waals surface area contributed by atoms with Crippen LogP contribution >= 0.6 is 47.8 Å². The molecule has 0 aromatic heterocycles. The molecule has 1 N–H and O–H groups in total. The lowest BCUT2D eigenvalue weighted by Gasteiger charge is -2.21. The minimum absolute atomic E-state index is 0.139. The highest BCUT2D eigenvalue weighted by Crippen LogP contribution is 2.35. The van der Waals surface area contributed by atoms with Gasteiger partial charge in [0, 0.05) is 19.5 Å². The predicted molar refractivity (Wildman–Crippen MR) is 134 cm³/mol. The predicted octanol–water partition coefficient (Wildman–Crippen LogP) is 4.13. The number of allylic oxidation sites excluding steroid dienone is 2. The molecule has 1 amide bonds. The summed E-state index contributed by atoms with van der Waals surface area (Å²) in [6, 6.07) is 3.99. The van der Waals surface area contributed by atoms with E-state index in [2.05, 4.69) is 63.2 Å². The summed E-state index contributed by atoms with van der Waals surface area (Å²) in [6.07, 6.45) is 6.54. The molecule has 1 heterocycles. The number of halogens is 3. The van der Waals surface area contributed by atoms with E-state index in [4.69, 9.17) is 9.57 Å². The first-order valence-corrected chi connectivity index (χ1v) is 12.5. The Morgan fingerprint density at radius 2 is 2.00 bits per heavy atom. The first-order valence-electron chi connectivity index (χ1n) is 10.1. The van der Waals surface area contributed by atoms with Crippen LogP contribution in [-0.4, -0.2) is 61.7 Å². The zero-order chi connectivity index (χ0) is 23.3. The molecular weight excluding hydrogens is 610 g/mol. The second kappa shape index (κ2) is 11.1. The number of amides is 1. The minimum Gasteiger partial charge on any atom is -0.491 e. The Kier molecular flexibility index (Phi) is 8.71. The van der Waals surface area contributed by atoms with Gasteiger partial charge in [0.1, 0.15) is 11.5 Å². The second-order valence-electron chi connectivity index (χ2n) is 7.85. The Balaban J connectivity index is 1.49. The maximum Gasteiger partial charge on any atom is 0.269 e. The quantitative estimate of drug-likeness (QED) is 0.414. The van der Waals surface area contributed by atoms with E-state index >= 15 is 0 Å². The second-order valence-corrected chi connectivity index (χ2v) is 10.4. The van der Waals surface area contributed by atoms with Gasteiger partial charge in [-0.3, -0.25) is 9.59 Å². The lowest BCUT2D eigenvalue weighted by molar-refractivity contribution is -0.115. The van der Waals surface area contributed by atoms with Gasteiger partial charge < -0.3 is 19.8 Å². The highest BCUT2D eigenvalue weighted by Gasteiger charge is 2.40. The van der Waals surface area contributed by atoms with Crippen molar-refractivity contribution >= 4 is 65.2 Å². The Bertz CT molecular complexity index is 968. The smallest absolute Gasteiger partial charge is 0.269 e. The number of benzene rings is 1. The molecule has 0 saturated carbocycles. The third-order valence-corrected chi connectivity index (χ3v) is 6.71. The number of hydrogen-bond donors (Lipinski definition) is 1. The number of ether oxygens (including phenoxy) is 1. The van der Waals surface area contributed by atoms with Crippen molar-refractivity contribution in [1.29, 1.82) is 0 Å². The number of nitrogens with zero attached hydrogens (tertiary/aromatic N) is 2. The summed E-state index contributed by atoms with van der Waals surface area (Å²) < 4.78 is 8.03. The van der Waals surface area contributed by atoms with Crippen molar-refractivity contribution in [3.05, 3.63) is 49.4 Å². The van der Waals surface area contributed by atoms with E-state index in [-0.39, 0.29) is 18.1 Å². The molecular formula is C22H24Br3N3O4. The van der Waals surface area contributed by atoms with Crippen molar-refractivity contribution in [3.63, 3.8) is 0 Å². The summed E-state index contributed by atoms with van der Waals surface area (Å²) in [5.74, 6) is 0.354. The van der Waals surface area contributed by atoms with Crippen molar-refractivity contribution in [2.45, 2.75) is 24.9 Å². The zero-order valence-corrected chi connectivity index (χ0v) is 22.5. The van der Waals surface area contributed by atoms with E-state index in [0.717, 1.165) is 33.2 Å². The van der Waals surface area contributed by atoms with Gasteiger partial charge >= 0.3 is 0 Å². The SMILES string of the molecule is CN(C)CCCOc1c(Br)cc(CCNC(=O)C2=NO[C@]3(C=CC(=O)C(Br)=C3)C2)cc1Br. The summed E-state index contributed by atoms with van der Waals surface area (Å²) in [7, 11) is 4.07. The molecule has 0 radical (unpaired) electrons. The van der Waals surface area contributed by atoms with Crippen LogP contribution in [0.5, 0.6) is 5.75 Å². The summed E-state index contributed by atoms with van der Waals surface area (Å²) in [4.78, 5) is 31.7. The molecule has 2 aliphatic rings. The van der Waals surface area contributed by atoms with E-state index in [1.807, 2.05) is 26.2 Å². The maximum atomic E-state index is 12.5. The summed E-state index contributed by atoms with van der Waals surface area (Å²) in [6.45, 7) is 2.04. The van der Waals surface area contributed by atoms with Crippen molar-refractivity contribution in [1.82, 2.24) is 10.2 Å². The van der Waals surface area contributed by atoms with Gasteiger partial charge in [-0.05, 0) is 111 Å². The molecule has 1 atom stereocenters. The van der Waals surface area contributed by atoms with Crippen molar-refractivity contribution in [2.75, 3.05) is 33.8 Å². The normalized spacial score (nSPS) is 19.8. The van der Waals surface area contributed by atoms with Crippen molar-refractivity contribution < 1.29 is 19.2 Å². The number of carbonyl (C=O) groups excluding carboxylic acids is 2.